The summed E-state index contributed by atoms with van der Waals surface area (Å²) in [5.74, 6) is -0.882. The molecule has 0 unspecified atom stereocenters. The molecule has 1 aromatic rings. The highest BCUT2D eigenvalue weighted by atomic mass is 35.5. The number of hydrogen-bond acceptors (Lipinski definition) is 4. The van der Waals surface area contributed by atoms with Crippen molar-refractivity contribution >= 4 is 29.1 Å². The molecule has 0 saturated carbocycles. The Kier molecular flexibility index (Phi) is 5.76. The van der Waals surface area contributed by atoms with E-state index in [-0.39, 0.29) is 29.0 Å². The number of carbonyl (C=O) groups is 3. The van der Waals surface area contributed by atoms with Crippen LogP contribution in [0.4, 0.5) is 0 Å². The molecule has 26 heavy (non-hydrogen) atoms. The van der Waals surface area contributed by atoms with Gasteiger partial charge in [-0.25, -0.2) is 4.79 Å². The van der Waals surface area contributed by atoms with Crippen molar-refractivity contribution in [1.82, 2.24) is 0 Å². The van der Waals surface area contributed by atoms with Gasteiger partial charge in [-0.15, -0.1) is 0 Å². The van der Waals surface area contributed by atoms with E-state index in [0.717, 1.165) is 5.56 Å². The summed E-state index contributed by atoms with van der Waals surface area (Å²) < 4.78 is 5.31. The van der Waals surface area contributed by atoms with Crippen LogP contribution in [0.3, 0.4) is 0 Å². The Balaban J connectivity index is 2.11. The van der Waals surface area contributed by atoms with Gasteiger partial charge in [-0.2, -0.15) is 0 Å². The fraction of sp³-hybridized carbons (Fsp3) is 0.476. The smallest absolute Gasteiger partial charge is 0.338 e. The Morgan fingerprint density at radius 2 is 1.69 bits per heavy atom. The Bertz CT molecular complexity index is 764. The van der Waals surface area contributed by atoms with Crippen molar-refractivity contribution in [2.45, 2.75) is 59.5 Å². The molecule has 0 bridgehead atoms. The van der Waals surface area contributed by atoms with Crippen molar-refractivity contribution < 1.29 is 19.1 Å². The Morgan fingerprint density at radius 3 is 2.19 bits per heavy atom. The normalized spacial score (nSPS) is 17.2. The van der Waals surface area contributed by atoms with Crippen LogP contribution in [0.2, 0.25) is 0 Å². The van der Waals surface area contributed by atoms with E-state index >= 15 is 0 Å². The molecule has 5 heteroatoms. The number of Topliss-reactive ketones (excluding diaryl/α,β-unsaturated/α-hetero) is 2. The number of halogens is 1. The van der Waals surface area contributed by atoms with Gasteiger partial charge < -0.3 is 4.74 Å². The molecule has 0 spiro atoms. The van der Waals surface area contributed by atoms with Crippen LogP contribution in [0.15, 0.2) is 34.9 Å². The molecule has 1 aromatic carbocycles. The first kappa shape index (κ1) is 20.4. The summed E-state index contributed by atoms with van der Waals surface area (Å²) in [5, 5.41) is 0.349. The summed E-state index contributed by atoms with van der Waals surface area (Å²) in [7, 11) is 0. The van der Waals surface area contributed by atoms with Crippen LogP contribution in [0.1, 0.15) is 63.4 Å². The third-order valence-corrected chi connectivity index (χ3v) is 4.38. The molecule has 0 radical (unpaired) electrons. The molecule has 0 aromatic heterocycles. The van der Waals surface area contributed by atoms with Crippen molar-refractivity contribution in [2.75, 3.05) is 0 Å². The summed E-state index contributed by atoms with van der Waals surface area (Å²) in [5.41, 5.74) is 0.486. The number of carbonyl (C=O) groups excluding carboxylic acids is 3. The molecule has 0 fully saturated rings. The second-order valence-corrected chi connectivity index (χ2v) is 8.98. The van der Waals surface area contributed by atoms with Crippen LogP contribution < -0.4 is 0 Å². The third-order valence-electron chi connectivity index (χ3n) is 4.06. The van der Waals surface area contributed by atoms with E-state index in [1.165, 1.54) is 0 Å². The van der Waals surface area contributed by atoms with E-state index in [1.807, 2.05) is 13.8 Å². The zero-order valence-corrected chi connectivity index (χ0v) is 16.7. The van der Waals surface area contributed by atoms with Gasteiger partial charge in [-0.3, -0.25) is 9.59 Å². The van der Waals surface area contributed by atoms with Crippen LogP contribution in [0.5, 0.6) is 0 Å². The molecule has 0 amide bonds. The van der Waals surface area contributed by atoms with Crippen molar-refractivity contribution in [3.05, 3.63) is 46.0 Å². The lowest BCUT2D eigenvalue weighted by Crippen LogP contribution is -2.28. The Hall–Kier alpha value is -1.94. The molecular weight excluding hydrogens is 352 g/mol. The highest BCUT2D eigenvalue weighted by molar-refractivity contribution is 6.37. The maximum atomic E-state index is 12.6. The number of benzene rings is 1. The van der Waals surface area contributed by atoms with Gasteiger partial charge in [0.15, 0.2) is 11.6 Å². The molecule has 0 heterocycles. The van der Waals surface area contributed by atoms with Crippen LogP contribution >= 0.6 is 11.6 Å². The van der Waals surface area contributed by atoms with Gasteiger partial charge >= 0.3 is 5.97 Å². The standard InChI is InChI=1S/C21H25ClO4/c1-20(2,3)26-19(25)14-8-6-13(7-9-14)10-16(23)18-15(22)11-21(4,5)12-17(18)24/h6-9H,10-12H2,1-5H3. The minimum atomic E-state index is -0.565. The SMILES string of the molecule is CC1(C)CC(=O)C(C(=O)Cc2ccc(C(=O)OC(C)(C)C)cc2)=C(Cl)C1. The first-order valence-electron chi connectivity index (χ1n) is 8.65. The number of allylic oxidation sites excluding steroid dienone is 2. The maximum Gasteiger partial charge on any atom is 0.338 e. The maximum absolute atomic E-state index is 12.6. The second kappa shape index (κ2) is 7.36. The molecule has 0 aliphatic heterocycles. The number of esters is 1. The fourth-order valence-corrected chi connectivity index (χ4v) is 3.49. The molecule has 1 aliphatic rings. The number of ketones is 2. The lowest BCUT2D eigenvalue weighted by Gasteiger charge is -2.29. The topological polar surface area (TPSA) is 60.4 Å². The van der Waals surface area contributed by atoms with Gasteiger partial charge in [0.2, 0.25) is 0 Å². The Morgan fingerprint density at radius 1 is 1.12 bits per heavy atom. The largest absolute Gasteiger partial charge is 0.456 e. The Labute approximate surface area is 159 Å². The molecule has 1 aliphatic carbocycles. The third kappa shape index (κ3) is 5.28. The van der Waals surface area contributed by atoms with E-state index in [0.29, 0.717) is 23.4 Å². The van der Waals surface area contributed by atoms with E-state index in [2.05, 4.69) is 0 Å². The van der Waals surface area contributed by atoms with Crippen LogP contribution in [0, 0.1) is 5.41 Å². The van der Waals surface area contributed by atoms with E-state index in [4.69, 9.17) is 16.3 Å². The molecule has 0 atom stereocenters. The fourth-order valence-electron chi connectivity index (χ4n) is 2.92. The highest BCUT2D eigenvalue weighted by Gasteiger charge is 2.35. The molecule has 0 saturated heterocycles. The lowest BCUT2D eigenvalue weighted by atomic mass is 9.76. The number of ether oxygens (including phenoxy) is 1. The average Bonchev–Trinajstić information content (AvgIpc) is 2.43. The van der Waals surface area contributed by atoms with Crippen LogP contribution in [-0.4, -0.2) is 23.1 Å². The zero-order valence-electron chi connectivity index (χ0n) is 15.9. The van der Waals surface area contributed by atoms with Gasteiger partial charge in [0, 0.05) is 17.9 Å². The lowest BCUT2D eigenvalue weighted by molar-refractivity contribution is -0.122. The first-order chi connectivity index (χ1) is 11.9. The van der Waals surface area contributed by atoms with Gasteiger partial charge in [-0.05, 0) is 50.3 Å². The van der Waals surface area contributed by atoms with Gasteiger partial charge in [-0.1, -0.05) is 37.6 Å². The quantitative estimate of drug-likeness (QED) is 0.567. The monoisotopic (exact) mass is 376 g/mol. The summed E-state index contributed by atoms with van der Waals surface area (Å²) >= 11 is 6.23. The summed E-state index contributed by atoms with van der Waals surface area (Å²) in [6.07, 6.45) is 0.924. The van der Waals surface area contributed by atoms with E-state index in [9.17, 15) is 14.4 Å². The molecule has 0 N–H and O–H groups in total. The molecular formula is C21H25ClO4. The minimum absolute atomic E-state index is 0.0757. The summed E-state index contributed by atoms with van der Waals surface area (Å²) in [4.78, 5) is 36.9. The molecule has 4 nitrogen and oxygen atoms in total. The van der Waals surface area contributed by atoms with Crippen molar-refractivity contribution in [2.24, 2.45) is 5.41 Å². The van der Waals surface area contributed by atoms with E-state index < -0.39 is 11.6 Å². The number of hydrogen-bond donors (Lipinski definition) is 0. The zero-order chi connectivity index (χ0) is 19.7. The van der Waals surface area contributed by atoms with Crippen LogP contribution in [-0.2, 0) is 20.7 Å². The summed E-state index contributed by atoms with van der Waals surface area (Å²) in [6, 6.07) is 6.64. The highest BCUT2D eigenvalue weighted by Crippen LogP contribution is 2.38. The van der Waals surface area contributed by atoms with Crippen molar-refractivity contribution in [3.8, 4) is 0 Å². The van der Waals surface area contributed by atoms with Crippen LogP contribution in [0.25, 0.3) is 0 Å². The van der Waals surface area contributed by atoms with E-state index in [1.54, 1.807) is 45.0 Å². The molecule has 2 rings (SSSR count). The number of rotatable bonds is 4. The second-order valence-electron chi connectivity index (χ2n) is 8.52. The van der Waals surface area contributed by atoms with Crippen molar-refractivity contribution in [3.63, 3.8) is 0 Å². The average molecular weight is 377 g/mol. The predicted molar refractivity (Wildman–Crippen MR) is 101 cm³/mol. The van der Waals surface area contributed by atoms with Gasteiger partial charge in [0.05, 0.1) is 11.1 Å². The van der Waals surface area contributed by atoms with Gasteiger partial charge in [0.1, 0.15) is 5.60 Å². The summed E-state index contributed by atoms with van der Waals surface area (Å²) in [6.45, 7) is 9.33. The predicted octanol–water partition coefficient (Wildman–Crippen LogP) is 4.64. The minimum Gasteiger partial charge on any atom is -0.456 e. The molecule has 140 valence electrons. The first-order valence-corrected chi connectivity index (χ1v) is 9.03. The van der Waals surface area contributed by atoms with Crippen molar-refractivity contribution in [1.29, 1.82) is 0 Å². The van der Waals surface area contributed by atoms with Gasteiger partial charge in [0.25, 0.3) is 0 Å².